The van der Waals surface area contributed by atoms with Crippen molar-refractivity contribution in [2.24, 2.45) is 12.8 Å². The van der Waals surface area contributed by atoms with E-state index in [1.807, 2.05) is 13.8 Å². The molecule has 0 saturated heterocycles. The van der Waals surface area contributed by atoms with Gasteiger partial charge in [0.1, 0.15) is 12.1 Å². The van der Waals surface area contributed by atoms with Gasteiger partial charge in [-0.3, -0.25) is 9.48 Å². The molecule has 0 unspecified atom stereocenters. The lowest BCUT2D eigenvalue weighted by molar-refractivity contribution is 0.102. The topological polar surface area (TPSA) is 99.0 Å². The average Bonchev–Trinajstić information content (AvgIpc) is 2.98. The summed E-state index contributed by atoms with van der Waals surface area (Å²) in [5.74, 6) is 0.664. The number of nitrogens with one attached hydrogen (secondary N) is 1. The molecule has 0 bridgehead atoms. The van der Waals surface area contributed by atoms with E-state index < -0.39 is 0 Å². The second-order valence-electron chi connectivity index (χ2n) is 4.18. The first-order chi connectivity index (χ1) is 9.06. The Kier molecular flexibility index (Phi) is 5.29. The van der Waals surface area contributed by atoms with Gasteiger partial charge >= 0.3 is 0 Å². The van der Waals surface area contributed by atoms with Gasteiger partial charge in [0.2, 0.25) is 5.89 Å². The molecule has 0 saturated carbocycles. The molecule has 0 aliphatic heterocycles. The zero-order chi connectivity index (χ0) is 14.0. The standard InChI is InChI=1S/C12H17N5O2.ClH/c1-4-8-7(2)11(17(3)16-8)15-12(18)9-6-19-10(5-13)14-9;/h6H,4-5,13H2,1-3H3,(H,15,18);1H. The van der Waals surface area contributed by atoms with E-state index in [0.29, 0.717) is 11.7 Å². The maximum Gasteiger partial charge on any atom is 0.278 e. The van der Waals surface area contributed by atoms with Crippen LogP contribution < -0.4 is 11.1 Å². The number of hydrogen-bond donors (Lipinski definition) is 2. The number of nitrogens with zero attached hydrogens (tertiary/aromatic N) is 3. The van der Waals surface area contributed by atoms with Crippen LogP contribution in [0.5, 0.6) is 0 Å². The monoisotopic (exact) mass is 299 g/mol. The van der Waals surface area contributed by atoms with Crippen LogP contribution in [-0.4, -0.2) is 20.7 Å². The van der Waals surface area contributed by atoms with E-state index in [9.17, 15) is 4.79 Å². The summed E-state index contributed by atoms with van der Waals surface area (Å²) < 4.78 is 6.69. The average molecular weight is 300 g/mol. The van der Waals surface area contributed by atoms with Gasteiger partial charge in [0.05, 0.1) is 12.2 Å². The van der Waals surface area contributed by atoms with Crippen LogP contribution in [0.2, 0.25) is 0 Å². The minimum Gasteiger partial charge on any atom is -0.447 e. The Balaban J connectivity index is 0.00000200. The van der Waals surface area contributed by atoms with Crippen molar-refractivity contribution in [2.45, 2.75) is 26.8 Å². The molecule has 0 aliphatic carbocycles. The van der Waals surface area contributed by atoms with Gasteiger partial charge in [-0.25, -0.2) is 4.98 Å². The predicted molar refractivity (Wildman–Crippen MR) is 76.9 cm³/mol. The molecule has 0 spiro atoms. The van der Waals surface area contributed by atoms with Crippen molar-refractivity contribution in [3.05, 3.63) is 29.1 Å². The molecule has 7 nitrogen and oxygen atoms in total. The molecule has 2 rings (SSSR count). The van der Waals surface area contributed by atoms with Gasteiger partial charge in [0.25, 0.3) is 5.91 Å². The summed E-state index contributed by atoms with van der Waals surface area (Å²) in [6.07, 6.45) is 2.11. The van der Waals surface area contributed by atoms with Crippen LogP contribution >= 0.6 is 12.4 Å². The number of nitrogens with two attached hydrogens (primary N) is 1. The Morgan fingerprint density at radius 3 is 2.75 bits per heavy atom. The van der Waals surface area contributed by atoms with E-state index in [1.54, 1.807) is 11.7 Å². The number of halogens is 1. The van der Waals surface area contributed by atoms with Gasteiger partial charge < -0.3 is 15.5 Å². The third kappa shape index (κ3) is 3.00. The summed E-state index contributed by atoms with van der Waals surface area (Å²) in [6.45, 7) is 4.11. The lowest BCUT2D eigenvalue weighted by Crippen LogP contribution is -2.16. The van der Waals surface area contributed by atoms with Gasteiger partial charge in [-0.1, -0.05) is 6.92 Å². The third-order valence-corrected chi connectivity index (χ3v) is 2.91. The Morgan fingerprint density at radius 1 is 1.55 bits per heavy atom. The van der Waals surface area contributed by atoms with Crippen molar-refractivity contribution < 1.29 is 9.21 Å². The molecule has 2 heterocycles. The number of amides is 1. The van der Waals surface area contributed by atoms with Crippen LogP contribution in [0, 0.1) is 6.92 Å². The molecule has 0 fully saturated rings. The van der Waals surface area contributed by atoms with E-state index in [4.69, 9.17) is 10.2 Å². The minimum atomic E-state index is -0.336. The Bertz CT molecular complexity index is 605. The highest BCUT2D eigenvalue weighted by molar-refractivity contribution is 6.02. The largest absolute Gasteiger partial charge is 0.447 e. The normalized spacial score (nSPS) is 10.2. The van der Waals surface area contributed by atoms with E-state index in [0.717, 1.165) is 17.7 Å². The third-order valence-electron chi connectivity index (χ3n) is 2.91. The van der Waals surface area contributed by atoms with Gasteiger partial charge in [-0.2, -0.15) is 5.10 Å². The van der Waals surface area contributed by atoms with Crippen molar-refractivity contribution in [3.8, 4) is 0 Å². The first-order valence-electron chi connectivity index (χ1n) is 6.05. The van der Waals surface area contributed by atoms with Crippen molar-refractivity contribution in [2.75, 3.05) is 5.32 Å². The minimum absolute atomic E-state index is 0. The molecular weight excluding hydrogens is 282 g/mol. The lowest BCUT2D eigenvalue weighted by Gasteiger charge is -2.04. The summed E-state index contributed by atoms with van der Waals surface area (Å²) >= 11 is 0. The highest BCUT2D eigenvalue weighted by Crippen LogP contribution is 2.19. The fraction of sp³-hybridized carbons (Fsp3) is 0.417. The molecule has 2 aromatic heterocycles. The summed E-state index contributed by atoms with van der Waals surface area (Å²) in [4.78, 5) is 16.0. The number of carbonyl (C=O) groups excluding carboxylic acids is 1. The molecule has 2 aromatic rings. The number of aromatic nitrogens is 3. The van der Waals surface area contributed by atoms with Crippen molar-refractivity contribution in [1.82, 2.24) is 14.8 Å². The lowest BCUT2D eigenvalue weighted by atomic mass is 10.2. The zero-order valence-electron chi connectivity index (χ0n) is 11.6. The van der Waals surface area contributed by atoms with Crippen LogP contribution in [0.3, 0.4) is 0 Å². The molecule has 8 heteroatoms. The van der Waals surface area contributed by atoms with Gasteiger partial charge in [0, 0.05) is 12.6 Å². The molecule has 1 amide bonds. The van der Waals surface area contributed by atoms with Gasteiger partial charge in [0.15, 0.2) is 5.69 Å². The van der Waals surface area contributed by atoms with Crippen LogP contribution in [0.1, 0.15) is 34.6 Å². The maximum atomic E-state index is 12.0. The maximum absolute atomic E-state index is 12.0. The number of anilines is 1. The molecule has 0 aliphatic rings. The summed E-state index contributed by atoms with van der Waals surface area (Å²) in [5.41, 5.74) is 7.51. The molecule has 0 atom stereocenters. The highest BCUT2D eigenvalue weighted by atomic mass is 35.5. The molecule has 0 aromatic carbocycles. The Labute approximate surface area is 123 Å². The Hall–Kier alpha value is -1.86. The SMILES string of the molecule is CCc1nn(C)c(NC(=O)c2coc(CN)n2)c1C.Cl. The first kappa shape index (κ1) is 16.2. The van der Waals surface area contributed by atoms with Gasteiger partial charge in [-0.05, 0) is 13.3 Å². The zero-order valence-corrected chi connectivity index (χ0v) is 12.5. The van der Waals surface area contributed by atoms with E-state index >= 15 is 0 Å². The van der Waals surface area contributed by atoms with Crippen LogP contribution in [0.15, 0.2) is 10.7 Å². The van der Waals surface area contributed by atoms with Crippen LogP contribution in [-0.2, 0) is 20.0 Å². The smallest absolute Gasteiger partial charge is 0.278 e. The van der Waals surface area contributed by atoms with Crippen molar-refractivity contribution in [1.29, 1.82) is 0 Å². The number of oxazole rings is 1. The second-order valence-corrected chi connectivity index (χ2v) is 4.18. The highest BCUT2D eigenvalue weighted by Gasteiger charge is 2.17. The summed E-state index contributed by atoms with van der Waals surface area (Å²) in [5, 5.41) is 7.12. The van der Waals surface area contributed by atoms with Crippen molar-refractivity contribution in [3.63, 3.8) is 0 Å². The number of rotatable bonds is 4. The van der Waals surface area contributed by atoms with Crippen LogP contribution in [0.4, 0.5) is 5.82 Å². The van der Waals surface area contributed by atoms with Crippen molar-refractivity contribution >= 4 is 24.1 Å². The fourth-order valence-corrected chi connectivity index (χ4v) is 1.88. The number of aryl methyl sites for hydroxylation is 2. The molecular formula is C12H18ClN5O2. The summed E-state index contributed by atoms with van der Waals surface area (Å²) in [6, 6.07) is 0. The molecule has 3 N–H and O–H groups in total. The molecule has 20 heavy (non-hydrogen) atoms. The molecule has 110 valence electrons. The predicted octanol–water partition coefficient (Wildman–Crippen LogP) is 1.41. The Morgan fingerprint density at radius 2 is 2.25 bits per heavy atom. The quantitative estimate of drug-likeness (QED) is 0.889. The molecule has 0 radical (unpaired) electrons. The number of hydrogen-bond acceptors (Lipinski definition) is 5. The van der Waals surface area contributed by atoms with Crippen LogP contribution in [0.25, 0.3) is 0 Å². The van der Waals surface area contributed by atoms with E-state index in [-0.39, 0.29) is 30.6 Å². The van der Waals surface area contributed by atoms with E-state index in [2.05, 4.69) is 15.4 Å². The first-order valence-corrected chi connectivity index (χ1v) is 6.05. The fourth-order valence-electron chi connectivity index (χ4n) is 1.88. The number of carbonyl (C=O) groups is 1. The second kappa shape index (κ2) is 6.53. The van der Waals surface area contributed by atoms with Gasteiger partial charge in [-0.15, -0.1) is 12.4 Å². The van der Waals surface area contributed by atoms with E-state index in [1.165, 1.54) is 6.26 Å². The summed E-state index contributed by atoms with van der Waals surface area (Å²) in [7, 11) is 1.79.